The average Bonchev–Trinajstić information content (AvgIpc) is 1.97. The third kappa shape index (κ3) is 8.28. The van der Waals surface area contributed by atoms with E-state index in [1.165, 1.54) is 6.92 Å². The summed E-state index contributed by atoms with van der Waals surface area (Å²) in [7, 11) is 0. The predicted octanol–water partition coefficient (Wildman–Crippen LogP) is 1.23. The number of nitrogens with one attached hydrogen (secondary N) is 1. The maximum Gasteiger partial charge on any atom is 0.306 e. The Labute approximate surface area is 99.0 Å². The minimum absolute atomic E-state index is 0.202. The van der Waals surface area contributed by atoms with Crippen molar-refractivity contribution in [1.82, 2.24) is 5.32 Å². The van der Waals surface area contributed by atoms with Gasteiger partial charge in [0.25, 0.3) is 0 Å². The largest absolute Gasteiger partial charge is 0.481 e. The maximum atomic E-state index is 11.4. The van der Waals surface area contributed by atoms with Crippen LogP contribution in [0, 0.1) is 5.92 Å². The third-order valence-corrected chi connectivity index (χ3v) is 2.48. The fourth-order valence-electron chi connectivity index (χ4n) is 1.09. The number of carbonyl (C=O) groups is 3. The van der Waals surface area contributed by atoms with Crippen LogP contribution in [0.25, 0.3) is 0 Å². The number of rotatable bonds is 6. The van der Waals surface area contributed by atoms with Gasteiger partial charge in [0.1, 0.15) is 0 Å². The first-order valence-corrected chi connectivity index (χ1v) is 5.87. The molecule has 1 amide bonds. The summed E-state index contributed by atoms with van der Waals surface area (Å²) < 4.78 is 0. The van der Waals surface area contributed by atoms with Gasteiger partial charge in [0.15, 0.2) is 5.12 Å². The fraction of sp³-hybridized carbons (Fsp3) is 0.700. The number of carbonyl (C=O) groups excluding carboxylic acids is 2. The summed E-state index contributed by atoms with van der Waals surface area (Å²) in [5.74, 6) is -1.06. The Hall–Kier alpha value is -1.04. The highest BCUT2D eigenvalue weighted by Gasteiger charge is 2.18. The molecule has 0 aliphatic heterocycles. The monoisotopic (exact) mass is 247 g/mol. The molecule has 0 spiro atoms. The van der Waals surface area contributed by atoms with Crippen LogP contribution in [0.1, 0.15) is 33.6 Å². The van der Waals surface area contributed by atoms with Gasteiger partial charge in [-0.15, -0.1) is 0 Å². The molecule has 0 aromatic carbocycles. The zero-order valence-corrected chi connectivity index (χ0v) is 10.5. The van der Waals surface area contributed by atoms with Crippen molar-refractivity contribution in [2.75, 3.05) is 0 Å². The van der Waals surface area contributed by atoms with Crippen LogP contribution in [0.4, 0.5) is 0 Å². The van der Waals surface area contributed by atoms with Gasteiger partial charge in [-0.25, -0.2) is 0 Å². The molecule has 0 aromatic heterocycles. The summed E-state index contributed by atoms with van der Waals surface area (Å²) in [5.41, 5.74) is 0. The molecule has 0 radical (unpaired) electrons. The minimum atomic E-state index is -1.04. The molecule has 6 heteroatoms. The molecule has 1 atom stereocenters. The number of amides is 1. The molecule has 2 N–H and O–H groups in total. The second-order valence-electron chi connectivity index (χ2n) is 3.86. The van der Waals surface area contributed by atoms with Gasteiger partial charge in [0, 0.05) is 13.3 Å². The first-order valence-electron chi connectivity index (χ1n) is 4.99. The van der Waals surface area contributed by atoms with Crippen LogP contribution >= 0.6 is 11.8 Å². The van der Waals surface area contributed by atoms with Gasteiger partial charge in [-0.05, 0) is 5.92 Å². The highest BCUT2D eigenvalue weighted by molar-refractivity contribution is 8.14. The third-order valence-electron chi connectivity index (χ3n) is 1.58. The Balaban J connectivity index is 4.24. The Morgan fingerprint density at radius 2 is 1.81 bits per heavy atom. The summed E-state index contributed by atoms with van der Waals surface area (Å²) in [4.78, 5) is 32.8. The van der Waals surface area contributed by atoms with Gasteiger partial charge in [-0.2, -0.15) is 0 Å². The van der Waals surface area contributed by atoms with Crippen molar-refractivity contribution in [1.29, 1.82) is 0 Å². The van der Waals surface area contributed by atoms with Crippen molar-refractivity contribution in [2.24, 2.45) is 5.92 Å². The zero-order chi connectivity index (χ0) is 12.7. The number of carboxylic acid groups (broad SMARTS) is 1. The van der Waals surface area contributed by atoms with Gasteiger partial charge in [-0.1, -0.05) is 25.6 Å². The van der Waals surface area contributed by atoms with E-state index in [2.05, 4.69) is 5.32 Å². The number of carboxylic acids is 1. The van der Waals surface area contributed by atoms with Crippen molar-refractivity contribution < 1.29 is 19.5 Å². The van der Waals surface area contributed by atoms with E-state index in [-0.39, 0.29) is 23.4 Å². The molecule has 0 heterocycles. The number of aliphatic carboxylic acids is 1. The molecular formula is C10H17NO4S. The normalized spacial score (nSPS) is 12.2. The summed E-state index contributed by atoms with van der Waals surface area (Å²) in [6.07, 6.45) is 0.0721. The van der Waals surface area contributed by atoms with Crippen molar-refractivity contribution in [3.05, 3.63) is 0 Å². The van der Waals surface area contributed by atoms with E-state index >= 15 is 0 Å². The molecule has 0 fully saturated rings. The standard InChI is InChI=1S/C10H17NO4S/c1-6(2)4-8(13)11-9(5-10(14)15)16-7(3)12/h6,9H,4-5H2,1-3H3,(H,11,13)(H,14,15). The van der Waals surface area contributed by atoms with Gasteiger partial charge in [0.05, 0.1) is 11.8 Å². The molecule has 0 aliphatic carbocycles. The van der Waals surface area contributed by atoms with Gasteiger partial charge >= 0.3 is 5.97 Å². The summed E-state index contributed by atoms with van der Waals surface area (Å²) >= 11 is 0.832. The van der Waals surface area contributed by atoms with Gasteiger partial charge in [-0.3, -0.25) is 14.4 Å². The molecule has 0 saturated carbocycles. The molecule has 1 unspecified atom stereocenters. The fourth-order valence-corrected chi connectivity index (χ4v) is 1.91. The quantitative estimate of drug-likeness (QED) is 0.690. The van der Waals surface area contributed by atoms with E-state index in [1.807, 2.05) is 13.8 Å². The first kappa shape index (κ1) is 15.0. The van der Waals surface area contributed by atoms with Crippen molar-refractivity contribution in [3.8, 4) is 0 Å². The first-order chi connectivity index (χ1) is 7.31. The molecule has 0 bridgehead atoms. The molecule has 92 valence electrons. The van der Waals surface area contributed by atoms with E-state index in [0.29, 0.717) is 6.42 Å². The van der Waals surface area contributed by atoms with Gasteiger partial charge in [0.2, 0.25) is 5.91 Å². The van der Waals surface area contributed by atoms with Crippen LogP contribution in [0.2, 0.25) is 0 Å². The van der Waals surface area contributed by atoms with Crippen LogP contribution < -0.4 is 5.32 Å². The highest BCUT2D eigenvalue weighted by atomic mass is 32.2. The highest BCUT2D eigenvalue weighted by Crippen LogP contribution is 2.13. The average molecular weight is 247 g/mol. The lowest BCUT2D eigenvalue weighted by Gasteiger charge is -2.15. The van der Waals surface area contributed by atoms with E-state index < -0.39 is 11.3 Å². The van der Waals surface area contributed by atoms with Crippen molar-refractivity contribution >= 4 is 28.8 Å². The van der Waals surface area contributed by atoms with Crippen LogP contribution in [-0.4, -0.2) is 27.5 Å². The van der Waals surface area contributed by atoms with Crippen LogP contribution in [0.5, 0.6) is 0 Å². The Kier molecular flexibility index (Phi) is 6.80. The van der Waals surface area contributed by atoms with E-state index in [9.17, 15) is 14.4 Å². The summed E-state index contributed by atoms with van der Waals surface area (Å²) in [6, 6.07) is 0. The minimum Gasteiger partial charge on any atom is -0.481 e. The molecule has 5 nitrogen and oxygen atoms in total. The van der Waals surface area contributed by atoms with E-state index in [0.717, 1.165) is 11.8 Å². The van der Waals surface area contributed by atoms with E-state index in [1.54, 1.807) is 0 Å². The molecule has 0 aliphatic rings. The van der Waals surface area contributed by atoms with Crippen molar-refractivity contribution in [3.63, 3.8) is 0 Å². The second kappa shape index (κ2) is 7.27. The predicted molar refractivity (Wildman–Crippen MR) is 61.9 cm³/mol. The van der Waals surface area contributed by atoms with E-state index in [4.69, 9.17) is 5.11 Å². The van der Waals surface area contributed by atoms with Gasteiger partial charge < -0.3 is 10.4 Å². The van der Waals surface area contributed by atoms with Crippen molar-refractivity contribution in [2.45, 2.75) is 39.0 Å². The number of hydrogen-bond acceptors (Lipinski definition) is 4. The number of hydrogen-bond donors (Lipinski definition) is 2. The second-order valence-corrected chi connectivity index (χ2v) is 5.24. The molecule has 0 rings (SSSR count). The SMILES string of the molecule is CC(=O)SC(CC(=O)O)NC(=O)CC(C)C. The molecular weight excluding hydrogens is 230 g/mol. The number of thioether (sulfide) groups is 1. The van der Waals surface area contributed by atoms with Crippen LogP contribution in [0.3, 0.4) is 0 Å². The lowest BCUT2D eigenvalue weighted by Crippen LogP contribution is -2.35. The molecule has 0 saturated heterocycles. The zero-order valence-electron chi connectivity index (χ0n) is 9.65. The van der Waals surface area contributed by atoms with Crippen LogP contribution in [-0.2, 0) is 14.4 Å². The Morgan fingerprint density at radius 3 is 2.19 bits per heavy atom. The summed E-state index contributed by atoms with van der Waals surface area (Å²) in [6.45, 7) is 5.13. The lowest BCUT2D eigenvalue weighted by molar-refractivity contribution is -0.137. The smallest absolute Gasteiger partial charge is 0.306 e. The van der Waals surface area contributed by atoms with Crippen LogP contribution in [0.15, 0.2) is 0 Å². The topological polar surface area (TPSA) is 83.5 Å². The Bertz CT molecular complexity index is 262. The summed E-state index contributed by atoms with van der Waals surface area (Å²) in [5, 5.41) is 10.3. The Morgan fingerprint density at radius 1 is 1.25 bits per heavy atom. The molecule has 16 heavy (non-hydrogen) atoms. The molecule has 0 aromatic rings. The maximum absolute atomic E-state index is 11.4. The lowest BCUT2D eigenvalue weighted by atomic mass is 10.1.